The summed E-state index contributed by atoms with van der Waals surface area (Å²) in [5.41, 5.74) is 0.730. The van der Waals surface area contributed by atoms with Crippen molar-refractivity contribution < 1.29 is 23.4 Å². The summed E-state index contributed by atoms with van der Waals surface area (Å²) in [5.74, 6) is 0.142. The number of anilines is 1. The number of ether oxygens (including phenoxy) is 1. The molecule has 12 heteroatoms. The molecule has 1 aromatic carbocycles. The van der Waals surface area contributed by atoms with Crippen LogP contribution in [0.1, 0.15) is 63.4 Å². The molecule has 3 fully saturated rings. The van der Waals surface area contributed by atoms with Crippen LogP contribution >= 0.6 is 11.6 Å². The van der Waals surface area contributed by atoms with E-state index in [1.54, 1.807) is 6.20 Å². The summed E-state index contributed by atoms with van der Waals surface area (Å²) in [6.07, 6.45) is 7.89. The van der Waals surface area contributed by atoms with Gasteiger partial charge in [-0.05, 0) is 81.5 Å². The van der Waals surface area contributed by atoms with Crippen molar-refractivity contribution in [2.45, 2.75) is 75.9 Å². The molecule has 6 bridgehead atoms. The lowest BCUT2D eigenvalue weighted by Gasteiger charge is -2.34. The number of hydrogen-bond acceptors (Lipinski definition) is 8. The number of phenolic OH excluding ortho intramolecular Hbond substituents is 1. The van der Waals surface area contributed by atoms with Crippen molar-refractivity contribution in [3.8, 4) is 23.0 Å². The van der Waals surface area contributed by atoms with E-state index in [4.69, 9.17) is 21.3 Å². The van der Waals surface area contributed by atoms with E-state index in [0.717, 1.165) is 45.2 Å². The fourth-order valence-electron chi connectivity index (χ4n) is 7.83. The highest BCUT2D eigenvalue weighted by Crippen LogP contribution is 2.42. The van der Waals surface area contributed by atoms with Crippen LogP contribution in [0.2, 0.25) is 5.02 Å². The SMILES string of the molecule is O=C1CCCCc2c(Cl)cc(O)cc2-c2ncc3c(nc(OCC45CCCN4CC(F)C5)nc3c2F)N2CCCC(CCN1)C2. The van der Waals surface area contributed by atoms with Gasteiger partial charge in [0.05, 0.1) is 10.9 Å². The topological polar surface area (TPSA) is 104 Å². The van der Waals surface area contributed by atoms with Crippen molar-refractivity contribution in [2.24, 2.45) is 5.92 Å². The Morgan fingerprint density at radius 1 is 1.11 bits per heavy atom. The molecule has 8 rings (SSSR count). The van der Waals surface area contributed by atoms with Crippen LogP contribution in [-0.2, 0) is 11.2 Å². The fourth-order valence-corrected chi connectivity index (χ4v) is 8.14. The molecule has 1 amide bonds. The Labute approximate surface area is 266 Å². The number of phenols is 1. The van der Waals surface area contributed by atoms with Gasteiger partial charge in [0, 0.05) is 55.8 Å². The molecule has 0 radical (unpaired) electrons. The van der Waals surface area contributed by atoms with E-state index < -0.39 is 17.5 Å². The number of hydrogen-bond donors (Lipinski definition) is 2. The third kappa shape index (κ3) is 6.01. The standard InChI is InChI=1S/C33H39ClF2N6O3/c34-26-14-22(43)13-24-23(26)6-1-2-7-27(44)37-10-8-20-5-3-11-41(17-20)31-25-16-38-29(24)28(36)30(25)39-32(40-31)45-19-33-9-4-12-42(33)18-21(35)15-33/h13-14,16,20-21,43H,1-12,15,17-19H2,(H,37,44). The molecule has 5 aliphatic heterocycles. The van der Waals surface area contributed by atoms with Crippen LogP contribution in [-0.4, -0.2) is 81.9 Å². The Morgan fingerprint density at radius 2 is 1.98 bits per heavy atom. The molecule has 3 unspecified atom stereocenters. The highest BCUT2D eigenvalue weighted by Gasteiger charge is 2.49. The van der Waals surface area contributed by atoms with E-state index in [-0.39, 0.29) is 35.5 Å². The number of aromatic hydroxyl groups is 1. The molecule has 9 nitrogen and oxygen atoms in total. The van der Waals surface area contributed by atoms with Gasteiger partial charge in [0.1, 0.15) is 35.6 Å². The van der Waals surface area contributed by atoms with Crippen molar-refractivity contribution in [2.75, 3.05) is 44.2 Å². The smallest absolute Gasteiger partial charge is 0.319 e. The third-order valence-corrected chi connectivity index (χ3v) is 10.4. The Hall–Kier alpha value is -3.31. The quantitative estimate of drug-likeness (QED) is 0.382. The lowest BCUT2D eigenvalue weighted by Crippen LogP contribution is -2.43. The Morgan fingerprint density at radius 3 is 2.87 bits per heavy atom. The number of halogens is 3. The van der Waals surface area contributed by atoms with Gasteiger partial charge in [-0.3, -0.25) is 14.7 Å². The lowest BCUT2D eigenvalue weighted by atomic mass is 9.94. The number of piperidine rings is 1. The van der Waals surface area contributed by atoms with Crippen LogP contribution in [0.5, 0.6) is 11.8 Å². The molecule has 2 aromatic heterocycles. The number of carbonyl (C=O) groups is 1. The number of nitrogens with one attached hydrogen (secondary N) is 1. The second kappa shape index (κ2) is 12.5. The van der Waals surface area contributed by atoms with Crippen LogP contribution < -0.4 is 15.0 Å². The molecule has 3 aromatic rings. The highest BCUT2D eigenvalue weighted by molar-refractivity contribution is 6.32. The predicted octanol–water partition coefficient (Wildman–Crippen LogP) is 5.59. The van der Waals surface area contributed by atoms with E-state index in [1.165, 1.54) is 12.1 Å². The zero-order valence-electron chi connectivity index (χ0n) is 25.3. The molecule has 0 spiro atoms. The van der Waals surface area contributed by atoms with Gasteiger partial charge in [-0.25, -0.2) is 8.78 Å². The maximum atomic E-state index is 16.7. The van der Waals surface area contributed by atoms with Crippen LogP contribution in [0.4, 0.5) is 14.6 Å². The number of amides is 1. The van der Waals surface area contributed by atoms with Crippen LogP contribution in [0.3, 0.4) is 0 Å². The van der Waals surface area contributed by atoms with Crippen LogP contribution in [0.25, 0.3) is 22.2 Å². The van der Waals surface area contributed by atoms with Crippen molar-refractivity contribution in [3.05, 3.63) is 34.7 Å². The molecular formula is C33H39ClF2N6O3. The highest BCUT2D eigenvalue weighted by atomic mass is 35.5. The predicted molar refractivity (Wildman–Crippen MR) is 168 cm³/mol. The first-order valence-electron chi connectivity index (χ1n) is 16.2. The van der Waals surface area contributed by atoms with E-state index in [0.29, 0.717) is 85.0 Å². The largest absolute Gasteiger partial charge is 0.508 e. The molecule has 5 aliphatic rings. The van der Waals surface area contributed by atoms with Gasteiger partial charge in [-0.1, -0.05) is 11.6 Å². The molecule has 2 N–H and O–H groups in total. The van der Waals surface area contributed by atoms with Gasteiger partial charge in [-0.2, -0.15) is 9.97 Å². The summed E-state index contributed by atoms with van der Waals surface area (Å²) in [6.45, 7) is 3.48. The first kappa shape index (κ1) is 30.3. The second-order valence-corrected chi connectivity index (χ2v) is 13.5. The molecule has 7 heterocycles. The summed E-state index contributed by atoms with van der Waals surface area (Å²) in [5, 5.41) is 14.3. The normalized spacial score (nSPS) is 26.0. The fraction of sp³-hybridized carbons (Fsp3) is 0.576. The lowest BCUT2D eigenvalue weighted by molar-refractivity contribution is -0.121. The minimum absolute atomic E-state index is 0.0179. The van der Waals surface area contributed by atoms with Gasteiger partial charge in [0.25, 0.3) is 0 Å². The van der Waals surface area contributed by atoms with Gasteiger partial charge >= 0.3 is 6.01 Å². The molecule has 3 saturated heterocycles. The minimum Gasteiger partial charge on any atom is -0.508 e. The molecule has 0 saturated carbocycles. The third-order valence-electron chi connectivity index (χ3n) is 10.1. The second-order valence-electron chi connectivity index (χ2n) is 13.1. The summed E-state index contributed by atoms with van der Waals surface area (Å²) < 4.78 is 37.4. The Bertz CT molecular complexity index is 1610. The number of fused-ring (bicyclic) bond motifs is 9. The van der Waals surface area contributed by atoms with Gasteiger partial charge in [0.2, 0.25) is 5.91 Å². The summed E-state index contributed by atoms with van der Waals surface area (Å²) in [7, 11) is 0. The monoisotopic (exact) mass is 640 g/mol. The first-order valence-corrected chi connectivity index (χ1v) is 16.6. The number of benzene rings is 1. The zero-order valence-corrected chi connectivity index (χ0v) is 26.1. The van der Waals surface area contributed by atoms with Crippen LogP contribution in [0, 0.1) is 11.7 Å². The van der Waals surface area contributed by atoms with Crippen molar-refractivity contribution >= 4 is 34.2 Å². The molecule has 45 heavy (non-hydrogen) atoms. The van der Waals surface area contributed by atoms with E-state index >= 15 is 4.39 Å². The van der Waals surface area contributed by atoms with Gasteiger partial charge in [0.15, 0.2) is 5.82 Å². The zero-order chi connectivity index (χ0) is 31.1. The number of aromatic nitrogens is 3. The van der Waals surface area contributed by atoms with Gasteiger partial charge < -0.3 is 20.1 Å². The van der Waals surface area contributed by atoms with Crippen molar-refractivity contribution in [3.63, 3.8) is 0 Å². The number of alkyl halides is 1. The minimum atomic E-state index is -0.897. The maximum Gasteiger partial charge on any atom is 0.319 e. The van der Waals surface area contributed by atoms with Gasteiger partial charge in [-0.15, -0.1) is 0 Å². The summed E-state index contributed by atoms with van der Waals surface area (Å²) in [6, 6.07) is 2.96. The number of nitrogens with zero attached hydrogens (tertiary/aromatic N) is 5. The molecule has 240 valence electrons. The average Bonchev–Trinajstić information content (AvgIpc) is 3.54. The van der Waals surface area contributed by atoms with Crippen LogP contribution in [0.15, 0.2) is 18.3 Å². The average molecular weight is 641 g/mol. The first-order chi connectivity index (χ1) is 21.8. The molecule has 0 aliphatic carbocycles. The van der Waals surface area contributed by atoms with E-state index in [2.05, 4.69) is 25.1 Å². The number of rotatable bonds is 3. The van der Waals surface area contributed by atoms with E-state index in [9.17, 15) is 14.3 Å². The van der Waals surface area contributed by atoms with Crippen molar-refractivity contribution in [1.29, 1.82) is 0 Å². The maximum absolute atomic E-state index is 16.7. The molecule has 3 atom stereocenters. The van der Waals surface area contributed by atoms with E-state index in [1.807, 2.05) is 0 Å². The molecular weight excluding hydrogens is 602 g/mol. The Balaban J connectivity index is 1.33. The number of carbonyl (C=O) groups excluding carboxylic acids is 1. The number of pyridine rings is 1. The van der Waals surface area contributed by atoms with Crippen molar-refractivity contribution in [1.82, 2.24) is 25.2 Å². The Kier molecular flexibility index (Phi) is 8.41. The summed E-state index contributed by atoms with van der Waals surface area (Å²) >= 11 is 6.59. The summed E-state index contributed by atoms with van der Waals surface area (Å²) in [4.78, 5) is 30.8.